The molecule has 0 saturated carbocycles. The predicted octanol–water partition coefficient (Wildman–Crippen LogP) is 4.26. The highest BCUT2D eigenvalue weighted by Gasteiger charge is 2.24. The van der Waals surface area contributed by atoms with E-state index in [1.54, 1.807) is 30.5 Å². The molecule has 1 fully saturated rings. The number of hydrogen-bond acceptors (Lipinski definition) is 6. The third-order valence-corrected chi connectivity index (χ3v) is 5.36. The Morgan fingerprint density at radius 1 is 1.13 bits per heavy atom. The molecular formula is C22H24ClN5O2. The molecular weight excluding hydrogens is 402 g/mol. The average molecular weight is 426 g/mol. The molecule has 156 valence electrons. The van der Waals surface area contributed by atoms with Crippen LogP contribution in [0.2, 0.25) is 5.02 Å². The molecule has 7 nitrogen and oxygen atoms in total. The van der Waals surface area contributed by atoms with Gasteiger partial charge in [-0.2, -0.15) is 4.98 Å². The lowest BCUT2D eigenvalue weighted by Crippen LogP contribution is -2.35. The Hall–Kier alpha value is -2.93. The van der Waals surface area contributed by atoms with Crippen molar-refractivity contribution in [1.29, 1.82) is 0 Å². The maximum absolute atomic E-state index is 12.9. The molecule has 2 aromatic heterocycles. The van der Waals surface area contributed by atoms with Crippen LogP contribution in [0.3, 0.4) is 0 Å². The Labute approximate surface area is 180 Å². The van der Waals surface area contributed by atoms with E-state index < -0.39 is 0 Å². The zero-order valence-electron chi connectivity index (χ0n) is 17.1. The van der Waals surface area contributed by atoms with Gasteiger partial charge in [-0.05, 0) is 36.8 Å². The number of hydrogen-bond donors (Lipinski definition) is 0. The third-order valence-electron chi connectivity index (χ3n) is 5.13. The largest absolute Gasteiger partial charge is 0.354 e. The first-order chi connectivity index (χ1) is 14.5. The molecule has 0 unspecified atom stereocenters. The average Bonchev–Trinajstić information content (AvgIpc) is 3.12. The minimum Gasteiger partial charge on any atom is -0.354 e. The standard InChI is InChI=1S/C22H24ClN5O2/c1-15(2)19-25-21(30-26-19)18-8-4-9-24-20(18)27-10-5-11-28(13-12-27)22(29)16-6-3-7-17(23)14-16/h3-4,6-9,14-15H,5,10-13H2,1-2H3. The second kappa shape index (κ2) is 8.83. The van der Waals surface area contributed by atoms with Crippen LogP contribution in [0.4, 0.5) is 5.82 Å². The molecule has 0 atom stereocenters. The van der Waals surface area contributed by atoms with Gasteiger partial charge in [0.25, 0.3) is 11.8 Å². The molecule has 8 heteroatoms. The number of amides is 1. The van der Waals surface area contributed by atoms with E-state index in [-0.39, 0.29) is 11.8 Å². The Morgan fingerprint density at radius 2 is 2.00 bits per heavy atom. The lowest BCUT2D eigenvalue weighted by molar-refractivity contribution is 0.0767. The fraction of sp³-hybridized carbons (Fsp3) is 0.364. The summed E-state index contributed by atoms with van der Waals surface area (Å²) in [5.41, 5.74) is 1.42. The number of pyridine rings is 1. The number of rotatable bonds is 4. The molecule has 3 heterocycles. The minimum absolute atomic E-state index is 0.000860. The highest BCUT2D eigenvalue weighted by atomic mass is 35.5. The van der Waals surface area contributed by atoms with Crippen molar-refractivity contribution in [3.63, 3.8) is 0 Å². The van der Waals surface area contributed by atoms with Crippen molar-refractivity contribution in [3.8, 4) is 11.5 Å². The van der Waals surface area contributed by atoms with E-state index in [1.165, 1.54) is 0 Å². The molecule has 1 aliphatic heterocycles. The summed E-state index contributed by atoms with van der Waals surface area (Å²) in [7, 11) is 0. The minimum atomic E-state index is -0.000860. The van der Waals surface area contributed by atoms with Gasteiger partial charge in [-0.15, -0.1) is 0 Å². The molecule has 1 saturated heterocycles. The fourth-order valence-corrected chi connectivity index (χ4v) is 3.72. The van der Waals surface area contributed by atoms with Gasteiger partial charge < -0.3 is 14.3 Å². The molecule has 0 bridgehead atoms. The molecule has 0 spiro atoms. The van der Waals surface area contributed by atoms with Crippen molar-refractivity contribution < 1.29 is 9.32 Å². The summed E-state index contributed by atoms with van der Waals surface area (Å²) >= 11 is 6.05. The van der Waals surface area contributed by atoms with Gasteiger partial charge in [0.15, 0.2) is 5.82 Å². The summed E-state index contributed by atoms with van der Waals surface area (Å²) in [6.07, 6.45) is 2.60. The summed E-state index contributed by atoms with van der Waals surface area (Å²) in [6, 6.07) is 10.9. The Bertz CT molecular complexity index is 1040. The van der Waals surface area contributed by atoms with Gasteiger partial charge in [-0.25, -0.2) is 4.98 Å². The van der Waals surface area contributed by atoms with Gasteiger partial charge >= 0.3 is 0 Å². The number of carbonyl (C=O) groups excluding carboxylic acids is 1. The number of nitrogens with zero attached hydrogens (tertiary/aromatic N) is 5. The quantitative estimate of drug-likeness (QED) is 0.621. The van der Waals surface area contributed by atoms with Gasteiger partial charge in [0.1, 0.15) is 5.82 Å². The Morgan fingerprint density at radius 3 is 2.77 bits per heavy atom. The highest BCUT2D eigenvalue weighted by molar-refractivity contribution is 6.30. The molecule has 1 amide bonds. The maximum atomic E-state index is 12.9. The summed E-state index contributed by atoms with van der Waals surface area (Å²) < 4.78 is 5.50. The number of benzene rings is 1. The smallest absolute Gasteiger partial charge is 0.261 e. The van der Waals surface area contributed by atoms with Crippen LogP contribution in [0.1, 0.15) is 42.4 Å². The van der Waals surface area contributed by atoms with Crippen molar-refractivity contribution in [3.05, 3.63) is 59.0 Å². The van der Waals surface area contributed by atoms with E-state index in [0.717, 1.165) is 24.3 Å². The van der Waals surface area contributed by atoms with Crippen LogP contribution in [0, 0.1) is 0 Å². The Kier molecular flexibility index (Phi) is 5.99. The molecule has 3 aromatic rings. The molecule has 1 aliphatic rings. The van der Waals surface area contributed by atoms with Gasteiger partial charge in [0.05, 0.1) is 5.56 Å². The lowest BCUT2D eigenvalue weighted by Gasteiger charge is -2.24. The first kappa shape index (κ1) is 20.3. The SMILES string of the molecule is CC(C)c1noc(-c2cccnc2N2CCCN(C(=O)c3cccc(Cl)c3)CC2)n1. The van der Waals surface area contributed by atoms with Crippen molar-refractivity contribution >= 4 is 23.3 Å². The van der Waals surface area contributed by atoms with Crippen LogP contribution in [-0.2, 0) is 0 Å². The highest BCUT2D eigenvalue weighted by Crippen LogP contribution is 2.29. The van der Waals surface area contributed by atoms with Gasteiger partial charge in [-0.3, -0.25) is 4.79 Å². The van der Waals surface area contributed by atoms with E-state index in [4.69, 9.17) is 16.1 Å². The van der Waals surface area contributed by atoms with E-state index >= 15 is 0 Å². The van der Waals surface area contributed by atoms with Gasteiger partial charge in [0, 0.05) is 48.9 Å². The van der Waals surface area contributed by atoms with Crippen LogP contribution in [0.25, 0.3) is 11.5 Å². The molecule has 1 aromatic carbocycles. The number of carbonyl (C=O) groups is 1. The summed E-state index contributed by atoms with van der Waals surface area (Å²) in [6.45, 7) is 6.79. The van der Waals surface area contributed by atoms with E-state index in [1.807, 2.05) is 30.9 Å². The molecule has 30 heavy (non-hydrogen) atoms. The molecule has 0 N–H and O–H groups in total. The van der Waals surface area contributed by atoms with Gasteiger partial charge in [-0.1, -0.05) is 36.7 Å². The van der Waals surface area contributed by atoms with Crippen molar-refractivity contribution in [2.75, 3.05) is 31.1 Å². The Balaban J connectivity index is 1.53. The van der Waals surface area contributed by atoms with Gasteiger partial charge in [0.2, 0.25) is 0 Å². The van der Waals surface area contributed by atoms with Crippen LogP contribution in [-0.4, -0.2) is 52.1 Å². The summed E-state index contributed by atoms with van der Waals surface area (Å²) in [4.78, 5) is 26.1. The fourth-order valence-electron chi connectivity index (χ4n) is 3.53. The second-order valence-corrected chi connectivity index (χ2v) is 8.07. The van der Waals surface area contributed by atoms with Crippen LogP contribution < -0.4 is 4.90 Å². The summed E-state index contributed by atoms with van der Waals surface area (Å²) in [5, 5.41) is 4.64. The number of aromatic nitrogens is 3. The summed E-state index contributed by atoms with van der Waals surface area (Å²) in [5.74, 6) is 2.13. The number of anilines is 1. The molecule has 0 aliphatic carbocycles. The van der Waals surface area contributed by atoms with Crippen molar-refractivity contribution in [2.45, 2.75) is 26.2 Å². The third kappa shape index (κ3) is 4.31. The number of halogens is 1. The van der Waals surface area contributed by atoms with E-state index in [0.29, 0.717) is 41.9 Å². The first-order valence-electron chi connectivity index (χ1n) is 10.1. The first-order valence-corrected chi connectivity index (χ1v) is 10.5. The normalized spacial score (nSPS) is 14.8. The zero-order chi connectivity index (χ0) is 21.1. The lowest BCUT2D eigenvalue weighted by atomic mass is 10.2. The maximum Gasteiger partial charge on any atom is 0.261 e. The zero-order valence-corrected chi connectivity index (χ0v) is 17.8. The van der Waals surface area contributed by atoms with Crippen molar-refractivity contribution in [1.82, 2.24) is 20.0 Å². The molecule has 0 radical (unpaired) electrons. The van der Waals surface area contributed by atoms with E-state index in [9.17, 15) is 4.79 Å². The molecule has 4 rings (SSSR count). The van der Waals surface area contributed by atoms with Crippen LogP contribution in [0.15, 0.2) is 47.1 Å². The van der Waals surface area contributed by atoms with Crippen LogP contribution >= 0.6 is 11.6 Å². The van der Waals surface area contributed by atoms with Crippen molar-refractivity contribution in [2.24, 2.45) is 0 Å². The second-order valence-electron chi connectivity index (χ2n) is 7.63. The predicted molar refractivity (Wildman–Crippen MR) is 116 cm³/mol. The van der Waals surface area contributed by atoms with E-state index in [2.05, 4.69) is 20.0 Å². The monoisotopic (exact) mass is 425 g/mol. The topological polar surface area (TPSA) is 75.4 Å². The van der Waals surface area contributed by atoms with Crippen LogP contribution in [0.5, 0.6) is 0 Å².